The van der Waals surface area contributed by atoms with Crippen LogP contribution in [0.2, 0.25) is 0 Å². The molecule has 122 valence electrons. The van der Waals surface area contributed by atoms with Crippen LogP contribution in [0.5, 0.6) is 0 Å². The van der Waals surface area contributed by atoms with E-state index in [4.69, 9.17) is 34.8 Å². The third-order valence-corrected chi connectivity index (χ3v) is 5.27. The molecular formula is C22H13Cl3. The van der Waals surface area contributed by atoms with Crippen LogP contribution in [-0.4, -0.2) is 0 Å². The molecule has 0 saturated heterocycles. The van der Waals surface area contributed by atoms with Gasteiger partial charge in [-0.05, 0) is 38.4 Å². The van der Waals surface area contributed by atoms with Gasteiger partial charge in [0.1, 0.15) is 0 Å². The van der Waals surface area contributed by atoms with Crippen LogP contribution in [0.4, 0.5) is 0 Å². The highest BCUT2D eigenvalue weighted by Gasteiger charge is 2.17. The van der Waals surface area contributed by atoms with Gasteiger partial charge >= 0.3 is 0 Å². The molecule has 4 aromatic carbocycles. The fourth-order valence-electron chi connectivity index (χ4n) is 3.58. The molecule has 0 nitrogen and oxygen atoms in total. The summed E-state index contributed by atoms with van der Waals surface area (Å²) in [6, 6.07) is 14.3. The Bertz CT molecular complexity index is 1180. The van der Waals surface area contributed by atoms with Crippen molar-refractivity contribution >= 4 is 82.2 Å². The summed E-state index contributed by atoms with van der Waals surface area (Å²) in [5.41, 5.74) is 2.64. The summed E-state index contributed by atoms with van der Waals surface area (Å²) in [7, 11) is 0. The third kappa shape index (κ3) is 2.37. The van der Waals surface area contributed by atoms with Crippen LogP contribution < -0.4 is 0 Å². The molecule has 25 heavy (non-hydrogen) atoms. The van der Waals surface area contributed by atoms with Gasteiger partial charge in [-0.15, -0.1) is 0 Å². The molecule has 0 aliphatic carbocycles. The SMILES string of the molecule is C=C(Cl)c1ccc2ccc3c(C(=C)Cl)cc(C(=C)Cl)c4ccc1c2c34. The molecule has 4 aromatic rings. The van der Waals surface area contributed by atoms with Gasteiger partial charge in [-0.25, -0.2) is 0 Å². The monoisotopic (exact) mass is 382 g/mol. The summed E-state index contributed by atoms with van der Waals surface area (Å²) in [5, 5.41) is 7.91. The van der Waals surface area contributed by atoms with Crippen molar-refractivity contribution < 1.29 is 0 Å². The molecule has 0 amide bonds. The van der Waals surface area contributed by atoms with Crippen molar-refractivity contribution in [3.63, 3.8) is 0 Å². The molecule has 0 aromatic heterocycles. The van der Waals surface area contributed by atoms with Crippen molar-refractivity contribution in [2.24, 2.45) is 0 Å². The molecule has 0 radical (unpaired) electrons. The van der Waals surface area contributed by atoms with Crippen LogP contribution in [0.15, 0.2) is 62.2 Å². The molecular weight excluding hydrogens is 371 g/mol. The van der Waals surface area contributed by atoms with Crippen LogP contribution in [0.3, 0.4) is 0 Å². The molecule has 0 saturated carbocycles. The first-order chi connectivity index (χ1) is 11.9. The van der Waals surface area contributed by atoms with Crippen molar-refractivity contribution in [2.75, 3.05) is 0 Å². The van der Waals surface area contributed by atoms with Crippen LogP contribution in [0.25, 0.3) is 47.4 Å². The van der Waals surface area contributed by atoms with Gasteiger partial charge < -0.3 is 0 Å². The van der Waals surface area contributed by atoms with Crippen molar-refractivity contribution in [2.45, 2.75) is 0 Å². The van der Waals surface area contributed by atoms with E-state index in [0.717, 1.165) is 49.0 Å². The smallest absolute Gasteiger partial charge is 0.0413 e. The largest absolute Gasteiger partial charge is 0.0843 e. The van der Waals surface area contributed by atoms with E-state index < -0.39 is 0 Å². The summed E-state index contributed by atoms with van der Waals surface area (Å²) >= 11 is 18.8. The molecule has 0 aliphatic rings. The highest BCUT2D eigenvalue weighted by atomic mass is 35.5. The van der Waals surface area contributed by atoms with Crippen molar-refractivity contribution in [1.29, 1.82) is 0 Å². The maximum atomic E-state index is 6.28. The minimum Gasteiger partial charge on any atom is -0.0843 e. The highest BCUT2D eigenvalue weighted by molar-refractivity contribution is 6.52. The van der Waals surface area contributed by atoms with Gasteiger partial charge in [0, 0.05) is 31.8 Å². The second-order valence-corrected chi connectivity index (χ2v) is 7.42. The minimum absolute atomic E-state index is 0.471. The Morgan fingerprint density at radius 3 is 1.52 bits per heavy atom. The van der Waals surface area contributed by atoms with E-state index in [1.807, 2.05) is 12.1 Å². The first kappa shape index (κ1) is 16.5. The summed E-state index contributed by atoms with van der Waals surface area (Å²) in [6.45, 7) is 11.7. The van der Waals surface area contributed by atoms with E-state index in [1.54, 1.807) is 0 Å². The molecule has 4 rings (SSSR count). The van der Waals surface area contributed by atoms with E-state index in [2.05, 4.69) is 50.1 Å². The lowest BCUT2D eigenvalue weighted by molar-refractivity contribution is 1.69. The quantitative estimate of drug-likeness (QED) is 0.313. The third-order valence-electron chi connectivity index (χ3n) is 4.66. The molecule has 0 unspecified atom stereocenters. The average Bonchev–Trinajstić information content (AvgIpc) is 2.58. The summed E-state index contributed by atoms with van der Waals surface area (Å²) in [4.78, 5) is 0. The normalized spacial score (nSPS) is 11.5. The minimum atomic E-state index is 0.471. The van der Waals surface area contributed by atoms with Crippen LogP contribution in [0, 0.1) is 0 Å². The Hall–Kier alpha value is -1.99. The second kappa shape index (κ2) is 5.78. The molecule has 0 bridgehead atoms. The molecule has 0 atom stereocenters. The fourth-order valence-corrected chi connectivity index (χ4v) is 4.06. The Labute approximate surface area is 160 Å². The molecule has 0 N–H and O–H groups in total. The Morgan fingerprint density at radius 2 is 1.00 bits per heavy atom. The fraction of sp³-hybridized carbons (Fsp3) is 0. The first-order valence-electron chi connectivity index (χ1n) is 7.69. The predicted molar refractivity (Wildman–Crippen MR) is 115 cm³/mol. The maximum Gasteiger partial charge on any atom is 0.0413 e. The Balaban J connectivity index is 2.36. The maximum absolute atomic E-state index is 6.28. The van der Waals surface area contributed by atoms with Crippen LogP contribution in [-0.2, 0) is 0 Å². The molecule has 0 heterocycles. The molecule has 0 fully saturated rings. The molecule has 0 spiro atoms. The summed E-state index contributed by atoms with van der Waals surface area (Å²) < 4.78 is 0. The van der Waals surface area contributed by atoms with Gasteiger partial charge in [0.15, 0.2) is 0 Å². The van der Waals surface area contributed by atoms with E-state index in [-0.39, 0.29) is 0 Å². The zero-order valence-corrected chi connectivity index (χ0v) is 15.6. The van der Waals surface area contributed by atoms with Gasteiger partial charge in [0.25, 0.3) is 0 Å². The van der Waals surface area contributed by atoms with E-state index >= 15 is 0 Å². The molecule has 3 heteroatoms. The number of rotatable bonds is 3. The highest BCUT2D eigenvalue weighted by Crippen LogP contribution is 2.43. The summed E-state index contributed by atoms with van der Waals surface area (Å²) in [6.07, 6.45) is 0. The number of hydrogen-bond donors (Lipinski definition) is 0. The van der Waals surface area contributed by atoms with Gasteiger partial charge in [-0.1, -0.05) is 90.9 Å². The van der Waals surface area contributed by atoms with Gasteiger partial charge in [-0.2, -0.15) is 0 Å². The lowest BCUT2D eigenvalue weighted by Gasteiger charge is -2.18. The van der Waals surface area contributed by atoms with Crippen molar-refractivity contribution in [3.05, 3.63) is 78.9 Å². The van der Waals surface area contributed by atoms with E-state index in [0.29, 0.717) is 15.1 Å². The second-order valence-electron chi connectivity index (χ2n) is 6.05. The standard InChI is InChI=1S/C22H13Cl3/c1-11(23)15-6-4-14-5-7-17-19(12(2)24)10-20(13(3)25)18-9-8-16(15)21(14)22(17)18/h4-10H,1-3H2. The van der Waals surface area contributed by atoms with Crippen LogP contribution >= 0.6 is 34.8 Å². The molecule has 0 aliphatic heterocycles. The van der Waals surface area contributed by atoms with Crippen molar-refractivity contribution in [3.8, 4) is 0 Å². The zero-order chi connectivity index (χ0) is 17.9. The number of hydrogen-bond acceptors (Lipinski definition) is 0. The van der Waals surface area contributed by atoms with Gasteiger partial charge in [0.05, 0.1) is 0 Å². The van der Waals surface area contributed by atoms with Gasteiger partial charge in [-0.3, -0.25) is 0 Å². The lowest BCUT2D eigenvalue weighted by Crippen LogP contribution is -1.93. The van der Waals surface area contributed by atoms with E-state index in [1.165, 1.54) is 0 Å². The van der Waals surface area contributed by atoms with Gasteiger partial charge in [0.2, 0.25) is 0 Å². The lowest BCUT2D eigenvalue weighted by atomic mass is 9.87. The number of benzene rings is 4. The summed E-state index contributed by atoms with van der Waals surface area (Å²) in [5.74, 6) is 0. The zero-order valence-electron chi connectivity index (χ0n) is 13.3. The average molecular weight is 384 g/mol. The van der Waals surface area contributed by atoms with E-state index in [9.17, 15) is 0 Å². The van der Waals surface area contributed by atoms with Crippen LogP contribution in [0.1, 0.15) is 16.7 Å². The Kier molecular flexibility index (Phi) is 3.81. The first-order valence-corrected chi connectivity index (χ1v) is 8.82. The Morgan fingerprint density at radius 1 is 0.560 bits per heavy atom. The number of halogens is 3. The topological polar surface area (TPSA) is 0 Å². The van der Waals surface area contributed by atoms with Crippen molar-refractivity contribution in [1.82, 2.24) is 0 Å². The predicted octanol–water partition coefficient (Wildman–Crippen LogP) is 8.21.